The van der Waals surface area contributed by atoms with Crippen LogP contribution in [0.1, 0.15) is 19.3 Å². The lowest BCUT2D eigenvalue weighted by Crippen LogP contribution is -2.34. The number of carbonyl (C=O) groups excluding carboxylic acids is 2. The lowest BCUT2D eigenvalue weighted by molar-refractivity contribution is 0.207. The minimum absolute atomic E-state index is 0.187. The van der Waals surface area contributed by atoms with Gasteiger partial charge < -0.3 is 15.4 Å². The monoisotopic (exact) mass is 364 g/mol. The highest BCUT2D eigenvalue weighted by Crippen LogP contribution is 2.22. The Balaban J connectivity index is 1.66. The number of hydrogen-bond acceptors (Lipinski definition) is 4. The number of carbonyl (C=O) groups is 2. The number of nitriles is 1. The van der Waals surface area contributed by atoms with Crippen molar-refractivity contribution in [3.63, 3.8) is 0 Å². The summed E-state index contributed by atoms with van der Waals surface area (Å²) >= 11 is 0. The van der Waals surface area contributed by atoms with Crippen molar-refractivity contribution in [1.29, 1.82) is 5.26 Å². The summed E-state index contributed by atoms with van der Waals surface area (Å²) in [6.07, 6.45) is 1.61. The van der Waals surface area contributed by atoms with Gasteiger partial charge in [0.2, 0.25) is 0 Å². The topological polar surface area (TPSA) is 94.5 Å². The molecule has 0 aromatic heterocycles. The number of nitrogens with zero attached hydrogens (tertiary/aromatic N) is 2. The number of urea groups is 1. The minimum atomic E-state index is -0.587. The fourth-order valence-electron chi connectivity index (χ4n) is 2.47. The summed E-state index contributed by atoms with van der Waals surface area (Å²) in [5, 5.41) is 14.4. The van der Waals surface area contributed by atoms with Gasteiger partial charge in [-0.1, -0.05) is 24.3 Å². The van der Waals surface area contributed by atoms with Crippen LogP contribution in [0.5, 0.6) is 5.75 Å². The van der Waals surface area contributed by atoms with Gasteiger partial charge in [0.15, 0.2) is 0 Å². The SMILES string of the molecule is N#CCCN(C(=O)Oc1cccc(NC(=O)NC2CC2)c1)c1ccccc1. The van der Waals surface area contributed by atoms with Crippen molar-refractivity contribution in [2.24, 2.45) is 0 Å². The molecule has 1 saturated carbocycles. The number of para-hydroxylation sites is 1. The van der Waals surface area contributed by atoms with Crippen molar-refractivity contribution < 1.29 is 14.3 Å². The molecule has 3 amide bonds. The van der Waals surface area contributed by atoms with E-state index in [0.717, 1.165) is 12.8 Å². The Bertz CT molecular complexity index is 844. The third-order valence-electron chi connectivity index (χ3n) is 3.95. The van der Waals surface area contributed by atoms with E-state index in [4.69, 9.17) is 10.00 Å². The number of ether oxygens (including phenoxy) is 1. The molecule has 3 rings (SSSR count). The van der Waals surface area contributed by atoms with Gasteiger partial charge in [0, 0.05) is 30.0 Å². The van der Waals surface area contributed by atoms with Gasteiger partial charge in [0.25, 0.3) is 0 Å². The molecule has 1 aliphatic carbocycles. The van der Waals surface area contributed by atoms with Gasteiger partial charge in [0.05, 0.1) is 12.5 Å². The second kappa shape index (κ2) is 8.72. The molecular weight excluding hydrogens is 344 g/mol. The van der Waals surface area contributed by atoms with Gasteiger partial charge in [-0.15, -0.1) is 0 Å². The minimum Gasteiger partial charge on any atom is -0.410 e. The van der Waals surface area contributed by atoms with E-state index < -0.39 is 6.09 Å². The Hall–Kier alpha value is -3.53. The van der Waals surface area contributed by atoms with Crippen molar-refractivity contribution in [1.82, 2.24) is 5.32 Å². The molecule has 27 heavy (non-hydrogen) atoms. The number of nitrogens with one attached hydrogen (secondary N) is 2. The van der Waals surface area contributed by atoms with Crippen molar-refractivity contribution in [2.75, 3.05) is 16.8 Å². The largest absolute Gasteiger partial charge is 0.419 e. The summed E-state index contributed by atoms with van der Waals surface area (Å²) in [6, 6.07) is 17.7. The first-order valence-electron chi connectivity index (χ1n) is 8.74. The van der Waals surface area contributed by atoms with E-state index in [1.165, 1.54) is 4.90 Å². The molecule has 0 bridgehead atoms. The fourth-order valence-corrected chi connectivity index (χ4v) is 2.47. The zero-order valence-electron chi connectivity index (χ0n) is 14.7. The van der Waals surface area contributed by atoms with Crippen molar-refractivity contribution >= 4 is 23.5 Å². The van der Waals surface area contributed by atoms with E-state index in [2.05, 4.69) is 10.6 Å². The maximum Gasteiger partial charge on any atom is 0.419 e. The third-order valence-corrected chi connectivity index (χ3v) is 3.95. The van der Waals surface area contributed by atoms with E-state index >= 15 is 0 Å². The molecule has 0 aliphatic heterocycles. The van der Waals surface area contributed by atoms with E-state index in [1.807, 2.05) is 24.3 Å². The van der Waals surface area contributed by atoms with E-state index in [-0.39, 0.29) is 25.0 Å². The molecule has 2 aromatic rings. The molecule has 7 nitrogen and oxygen atoms in total. The first-order valence-corrected chi connectivity index (χ1v) is 8.74. The van der Waals surface area contributed by atoms with Crippen molar-refractivity contribution in [2.45, 2.75) is 25.3 Å². The van der Waals surface area contributed by atoms with Crippen LogP contribution in [-0.2, 0) is 0 Å². The molecule has 2 N–H and O–H groups in total. The Morgan fingerprint density at radius 3 is 2.63 bits per heavy atom. The second-order valence-corrected chi connectivity index (χ2v) is 6.16. The van der Waals surface area contributed by atoms with Crippen LogP contribution < -0.4 is 20.3 Å². The lowest BCUT2D eigenvalue weighted by atomic mass is 10.3. The fraction of sp³-hybridized carbons (Fsp3) is 0.250. The van der Waals surface area contributed by atoms with Crippen LogP contribution in [0.25, 0.3) is 0 Å². The quantitative estimate of drug-likeness (QED) is 0.813. The van der Waals surface area contributed by atoms with Crippen molar-refractivity contribution in [3.05, 3.63) is 54.6 Å². The molecular formula is C20H20N4O3. The highest BCUT2D eigenvalue weighted by molar-refractivity contribution is 5.91. The molecule has 1 aliphatic rings. The standard InChI is InChI=1S/C20H20N4O3/c21-12-5-13-24(17-7-2-1-3-8-17)20(26)27-18-9-4-6-16(14-18)23-19(25)22-15-10-11-15/h1-4,6-9,14-15H,5,10-11,13H2,(H2,22,23,25). The molecule has 2 aromatic carbocycles. The van der Waals surface area contributed by atoms with Crippen LogP contribution in [0.15, 0.2) is 54.6 Å². The summed E-state index contributed by atoms with van der Waals surface area (Å²) < 4.78 is 5.45. The molecule has 0 spiro atoms. The molecule has 7 heteroatoms. The Labute approximate surface area is 157 Å². The van der Waals surface area contributed by atoms with E-state index in [0.29, 0.717) is 17.1 Å². The highest BCUT2D eigenvalue weighted by Gasteiger charge is 2.23. The van der Waals surface area contributed by atoms with E-state index in [9.17, 15) is 9.59 Å². The molecule has 138 valence electrons. The molecule has 0 radical (unpaired) electrons. The van der Waals surface area contributed by atoms with Gasteiger partial charge in [0.1, 0.15) is 5.75 Å². The Kier molecular flexibility index (Phi) is 5.90. The maximum absolute atomic E-state index is 12.6. The summed E-state index contributed by atoms with van der Waals surface area (Å²) in [5.74, 6) is 0.308. The Morgan fingerprint density at radius 1 is 1.15 bits per heavy atom. The normalized spacial score (nSPS) is 12.6. The Morgan fingerprint density at radius 2 is 1.93 bits per heavy atom. The van der Waals surface area contributed by atoms with Gasteiger partial charge >= 0.3 is 12.1 Å². The predicted octanol–water partition coefficient (Wildman–Crippen LogP) is 3.89. The first-order chi connectivity index (χ1) is 13.2. The van der Waals surface area contributed by atoms with Gasteiger partial charge in [-0.3, -0.25) is 4.90 Å². The molecule has 0 heterocycles. The number of benzene rings is 2. The smallest absolute Gasteiger partial charge is 0.410 e. The van der Waals surface area contributed by atoms with Crippen molar-refractivity contribution in [3.8, 4) is 11.8 Å². The number of anilines is 2. The van der Waals surface area contributed by atoms with Crippen LogP contribution in [0.2, 0.25) is 0 Å². The van der Waals surface area contributed by atoms with Crippen LogP contribution in [-0.4, -0.2) is 24.7 Å². The summed E-state index contributed by atoms with van der Waals surface area (Å²) in [5.41, 5.74) is 1.18. The summed E-state index contributed by atoms with van der Waals surface area (Å²) in [7, 11) is 0. The predicted molar refractivity (Wildman–Crippen MR) is 102 cm³/mol. The molecule has 0 atom stereocenters. The van der Waals surface area contributed by atoms with Gasteiger partial charge in [-0.2, -0.15) is 5.26 Å². The zero-order chi connectivity index (χ0) is 19.1. The lowest BCUT2D eigenvalue weighted by Gasteiger charge is -2.21. The summed E-state index contributed by atoms with van der Waals surface area (Å²) in [6.45, 7) is 0.223. The molecule has 0 saturated heterocycles. The zero-order valence-corrected chi connectivity index (χ0v) is 14.7. The average molecular weight is 364 g/mol. The van der Waals surface area contributed by atoms with Crippen LogP contribution >= 0.6 is 0 Å². The highest BCUT2D eigenvalue weighted by atomic mass is 16.6. The van der Waals surface area contributed by atoms with Gasteiger partial charge in [-0.05, 0) is 37.1 Å². The third kappa shape index (κ3) is 5.47. The second-order valence-electron chi connectivity index (χ2n) is 6.16. The summed E-state index contributed by atoms with van der Waals surface area (Å²) in [4.78, 5) is 25.8. The molecule has 0 unspecified atom stereocenters. The maximum atomic E-state index is 12.6. The number of rotatable bonds is 6. The van der Waals surface area contributed by atoms with E-state index in [1.54, 1.807) is 36.4 Å². The van der Waals surface area contributed by atoms with Crippen LogP contribution in [0.3, 0.4) is 0 Å². The van der Waals surface area contributed by atoms with Crippen LogP contribution in [0, 0.1) is 11.3 Å². The van der Waals surface area contributed by atoms with Gasteiger partial charge in [-0.25, -0.2) is 9.59 Å². The number of hydrogen-bond donors (Lipinski definition) is 2. The number of amides is 3. The van der Waals surface area contributed by atoms with Crippen LogP contribution in [0.4, 0.5) is 21.0 Å². The first kappa shape index (κ1) is 18.3. The molecule has 1 fully saturated rings. The average Bonchev–Trinajstić information content (AvgIpc) is 3.47.